The van der Waals surface area contributed by atoms with E-state index >= 15 is 0 Å². The van der Waals surface area contributed by atoms with Gasteiger partial charge < -0.3 is 13.6 Å². The van der Waals surface area contributed by atoms with Crippen LogP contribution in [0.2, 0.25) is 0 Å². The van der Waals surface area contributed by atoms with Gasteiger partial charge in [-0.1, -0.05) is 18.2 Å². The lowest BCUT2D eigenvalue weighted by Gasteiger charge is -2.19. The van der Waals surface area contributed by atoms with Crippen LogP contribution in [0.25, 0.3) is 16.7 Å². The summed E-state index contributed by atoms with van der Waals surface area (Å²) >= 11 is 0. The van der Waals surface area contributed by atoms with Crippen molar-refractivity contribution in [2.24, 2.45) is 0 Å². The van der Waals surface area contributed by atoms with Gasteiger partial charge in [0.05, 0.1) is 18.6 Å². The van der Waals surface area contributed by atoms with Crippen molar-refractivity contribution in [3.05, 3.63) is 65.1 Å². The van der Waals surface area contributed by atoms with Crippen LogP contribution in [-0.2, 0) is 13.6 Å². The number of nitrogens with zero attached hydrogens (tertiary/aromatic N) is 2. The zero-order valence-corrected chi connectivity index (χ0v) is 15.0. The van der Waals surface area contributed by atoms with E-state index in [1.807, 2.05) is 30.3 Å². The lowest BCUT2D eigenvalue weighted by Crippen LogP contribution is -2.30. The van der Waals surface area contributed by atoms with E-state index in [9.17, 15) is 9.36 Å². The maximum Gasteiger partial charge on any atom is 0.366 e. The van der Waals surface area contributed by atoms with Crippen molar-refractivity contribution in [1.82, 2.24) is 9.55 Å². The molecule has 0 atom stereocenters. The van der Waals surface area contributed by atoms with E-state index in [-0.39, 0.29) is 23.9 Å². The summed E-state index contributed by atoms with van der Waals surface area (Å²) in [6.45, 7) is 3.77. The third kappa shape index (κ3) is 3.29. The van der Waals surface area contributed by atoms with Gasteiger partial charge in [-0.25, -0.2) is 4.98 Å². The minimum Gasteiger partial charge on any atom is -0.305 e. The van der Waals surface area contributed by atoms with Crippen LogP contribution in [0.15, 0.2) is 59.7 Å². The lowest BCUT2D eigenvalue weighted by atomic mass is 10.2. The summed E-state index contributed by atoms with van der Waals surface area (Å²) in [7, 11) is -3.72. The van der Waals surface area contributed by atoms with Gasteiger partial charge in [0, 0.05) is 18.1 Å². The fourth-order valence-electron chi connectivity index (χ4n) is 2.64. The Balaban J connectivity index is 2.36. The molecular formula is C18H19N2O4P. The molecule has 0 radical (unpaired) electrons. The maximum absolute atomic E-state index is 13.2. The first-order valence-corrected chi connectivity index (χ1v) is 9.60. The zero-order chi connectivity index (χ0) is 17.9. The topological polar surface area (TPSA) is 70.4 Å². The Bertz CT molecular complexity index is 975. The van der Waals surface area contributed by atoms with E-state index in [1.54, 1.807) is 36.7 Å². The number of hydrogen-bond acceptors (Lipinski definition) is 5. The SMILES string of the molecule is CCOP(=O)(OCC)c1cn(-c2ccccc2)c2ncccc2c1=O. The molecule has 0 aliphatic heterocycles. The molecule has 0 amide bonds. The smallest absolute Gasteiger partial charge is 0.305 e. The van der Waals surface area contributed by atoms with Gasteiger partial charge in [-0.05, 0) is 38.1 Å². The average molecular weight is 358 g/mol. The third-order valence-corrected chi connectivity index (χ3v) is 5.78. The van der Waals surface area contributed by atoms with E-state index in [0.29, 0.717) is 11.0 Å². The van der Waals surface area contributed by atoms with Gasteiger partial charge in [0.15, 0.2) is 0 Å². The normalized spacial score (nSPS) is 11.8. The van der Waals surface area contributed by atoms with E-state index in [0.717, 1.165) is 5.69 Å². The Labute approximate surface area is 145 Å². The van der Waals surface area contributed by atoms with Gasteiger partial charge in [0.2, 0.25) is 5.43 Å². The van der Waals surface area contributed by atoms with Gasteiger partial charge in [-0.2, -0.15) is 0 Å². The van der Waals surface area contributed by atoms with Crippen LogP contribution in [0.5, 0.6) is 0 Å². The average Bonchev–Trinajstić information content (AvgIpc) is 2.63. The summed E-state index contributed by atoms with van der Waals surface area (Å²) in [6.07, 6.45) is 3.13. The molecule has 7 heteroatoms. The minimum absolute atomic E-state index is 0.0144. The fourth-order valence-corrected chi connectivity index (χ4v) is 4.30. The van der Waals surface area contributed by atoms with Crippen molar-refractivity contribution >= 4 is 23.9 Å². The summed E-state index contributed by atoms with van der Waals surface area (Å²) < 4.78 is 25.7. The molecule has 0 unspecified atom stereocenters. The second kappa shape index (κ2) is 7.31. The first kappa shape index (κ1) is 17.5. The number of pyridine rings is 2. The highest BCUT2D eigenvalue weighted by Gasteiger charge is 2.31. The second-order valence-corrected chi connectivity index (χ2v) is 7.25. The van der Waals surface area contributed by atoms with Crippen molar-refractivity contribution < 1.29 is 13.6 Å². The molecule has 0 aliphatic rings. The predicted octanol–water partition coefficient (Wildman–Crippen LogP) is 3.28. The lowest BCUT2D eigenvalue weighted by molar-refractivity contribution is 0.229. The quantitative estimate of drug-likeness (QED) is 0.633. The molecule has 1 aromatic carbocycles. The van der Waals surface area contributed by atoms with E-state index in [2.05, 4.69) is 4.98 Å². The van der Waals surface area contributed by atoms with Crippen LogP contribution >= 0.6 is 7.60 Å². The van der Waals surface area contributed by atoms with Gasteiger partial charge in [-0.3, -0.25) is 9.36 Å². The van der Waals surface area contributed by atoms with Gasteiger partial charge in [0.1, 0.15) is 11.0 Å². The third-order valence-electron chi connectivity index (χ3n) is 3.67. The first-order chi connectivity index (χ1) is 12.1. The van der Waals surface area contributed by atoms with Crippen LogP contribution in [0.1, 0.15) is 13.8 Å². The zero-order valence-electron chi connectivity index (χ0n) is 14.1. The standard InChI is InChI=1S/C18H19N2O4P/c1-3-23-25(22,24-4-2)16-13-20(14-9-6-5-7-10-14)18-15(17(16)21)11-8-12-19-18/h5-13H,3-4H2,1-2H3. The van der Waals surface area contributed by atoms with Crippen LogP contribution in [0.3, 0.4) is 0 Å². The second-order valence-electron chi connectivity index (χ2n) is 5.26. The van der Waals surface area contributed by atoms with E-state index < -0.39 is 7.60 Å². The molecule has 3 aromatic rings. The van der Waals surface area contributed by atoms with Gasteiger partial charge in [0.25, 0.3) is 0 Å². The van der Waals surface area contributed by atoms with Crippen LogP contribution in [0, 0.1) is 0 Å². The molecule has 0 bridgehead atoms. The molecule has 2 heterocycles. The highest BCUT2D eigenvalue weighted by molar-refractivity contribution is 7.62. The first-order valence-electron chi connectivity index (χ1n) is 8.06. The molecular weight excluding hydrogens is 339 g/mol. The Kier molecular flexibility index (Phi) is 5.13. The maximum atomic E-state index is 13.2. The molecule has 0 N–H and O–H groups in total. The highest BCUT2D eigenvalue weighted by Crippen LogP contribution is 2.46. The van der Waals surface area contributed by atoms with Crippen molar-refractivity contribution in [1.29, 1.82) is 0 Å². The van der Waals surface area contributed by atoms with Crippen molar-refractivity contribution in [3.63, 3.8) is 0 Å². The van der Waals surface area contributed by atoms with Crippen LogP contribution in [0.4, 0.5) is 0 Å². The minimum atomic E-state index is -3.72. The van der Waals surface area contributed by atoms with Crippen molar-refractivity contribution in [2.75, 3.05) is 13.2 Å². The predicted molar refractivity (Wildman–Crippen MR) is 97.8 cm³/mol. The summed E-state index contributed by atoms with van der Waals surface area (Å²) in [5.74, 6) is 0. The number of aromatic nitrogens is 2. The van der Waals surface area contributed by atoms with Crippen LogP contribution < -0.4 is 10.7 Å². The Morgan fingerprint density at radius 1 is 1.04 bits per heavy atom. The van der Waals surface area contributed by atoms with E-state index in [1.165, 1.54) is 6.20 Å². The molecule has 0 saturated carbocycles. The molecule has 0 saturated heterocycles. The number of para-hydroxylation sites is 1. The van der Waals surface area contributed by atoms with Crippen molar-refractivity contribution in [2.45, 2.75) is 13.8 Å². The molecule has 130 valence electrons. The number of fused-ring (bicyclic) bond motifs is 1. The highest BCUT2D eigenvalue weighted by atomic mass is 31.2. The largest absolute Gasteiger partial charge is 0.366 e. The van der Waals surface area contributed by atoms with Gasteiger partial charge >= 0.3 is 7.60 Å². The number of benzene rings is 1. The summed E-state index contributed by atoms with van der Waals surface area (Å²) in [6, 6.07) is 12.8. The number of hydrogen-bond donors (Lipinski definition) is 0. The monoisotopic (exact) mass is 358 g/mol. The van der Waals surface area contributed by atoms with Gasteiger partial charge in [-0.15, -0.1) is 0 Å². The molecule has 25 heavy (non-hydrogen) atoms. The summed E-state index contributed by atoms with van der Waals surface area (Å²) in [5.41, 5.74) is 0.898. The molecule has 6 nitrogen and oxygen atoms in total. The summed E-state index contributed by atoms with van der Waals surface area (Å²) in [4.78, 5) is 17.2. The fraction of sp³-hybridized carbons (Fsp3) is 0.222. The van der Waals surface area contributed by atoms with Crippen LogP contribution in [-0.4, -0.2) is 22.8 Å². The van der Waals surface area contributed by atoms with Crippen molar-refractivity contribution in [3.8, 4) is 5.69 Å². The van der Waals surface area contributed by atoms with E-state index in [4.69, 9.17) is 9.05 Å². The Morgan fingerprint density at radius 3 is 2.36 bits per heavy atom. The Morgan fingerprint density at radius 2 is 1.72 bits per heavy atom. The molecule has 3 rings (SSSR count). The molecule has 2 aromatic heterocycles. The summed E-state index contributed by atoms with van der Waals surface area (Å²) in [5, 5.41) is 0.379. The molecule has 0 fully saturated rings. The molecule has 0 aliphatic carbocycles. The Hall–Kier alpha value is -2.27. The number of rotatable bonds is 6. The molecule has 0 spiro atoms.